The molecule has 3 rings (SSSR count). The number of benzene rings is 1. The van der Waals surface area contributed by atoms with Crippen molar-refractivity contribution < 1.29 is 31.4 Å². The zero-order chi connectivity index (χ0) is 20.5. The number of methoxy groups -OCH3 is 1. The maximum atomic E-state index is 13.8. The van der Waals surface area contributed by atoms with Crippen LogP contribution in [0.3, 0.4) is 0 Å². The summed E-state index contributed by atoms with van der Waals surface area (Å²) < 4.78 is 74.4. The molecule has 0 aliphatic carbocycles. The monoisotopic (exact) mass is 402 g/mol. The highest BCUT2D eigenvalue weighted by molar-refractivity contribution is 5.60. The predicted molar refractivity (Wildman–Crippen MR) is 87.5 cm³/mol. The van der Waals surface area contributed by atoms with Gasteiger partial charge in [0.15, 0.2) is 5.65 Å². The molecule has 2 aromatic heterocycles. The molecular formula is C17H15F5N4O2. The van der Waals surface area contributed by atoms with Gasteiger partial charge >= 0.3 is 12.3 Å². The molecule has 6 nitrogen and oxygen atoms in total. The first-order chi connectivity index (χ1) is 13.1. The van der Waals surface area contributed by atoms with E-state index in [0.29, 0.717) is 16.8 Å². The van der Waals surface area contributed by atoms with Crippen LogP contribution in [-0.4, -0.2) is 39.5 Å². The van der Waals surface area contributed by atoms with Crippen molar-refractivity contribution in [1.29, 1.82) is 0 Å². The van der Waals surface area contributed by atoms with E-state index < -0.39 is 30.8 Å². The standard InChI is InChI=1S/C17H15F5N4O2/c1-10(28-9-16(18,19)20)11-3-5-12(6-4-11)13-8-26-14(7-23-13)24-25-15(26)17(21,22)27-2/h3-8,10H,9H2,1-2H3. The second kappa shape index (κ2) is 7.40. The minimum atomic E-state index is -4.41. The lowest BCUT2D eigenvalue weighted by molar-refractivity contribution is -0.237. The summed E-state index contributed by atoms with van der Waals surface area (Å²) in [6, 6.07) is 6.38. The van der Waals surface area contributed by atoms with Crippen LogP contribution in [-0.2, 0) is 15.6 Å². The number of halogens is 5. The number of alkyl halides is 5. The molecule has 0 aliphatic rings. The van der Waals surface area contributed by atoms with E-state index in [-0.39, 0.29) is 5.65 Å². The van der Waals surface area contributed by atoms with E-state index in [4.69, 9.17) is 4.74 Å². The molecule has 2 heterocycles. The number of hydrogen-bond acceptors (Lipinski definition) is 5. The average molecular weight is 402 g/mol. The zero-order valence-electron chi connectivity index (χ0n) is 14.7. The molecule has 28 heavy (non-hydrogen) atoms. The van der Waals surface area contributed by atoms with E-state index in [2.05, 4.69) is 19.9 Å². The molecule has 0 aliphatic heterocycles. The number of nitrogens with zero attached hydrogens (tertiary/aromatic N) is 4. The van der Waals surface area contributed by atoms with Gasteiger partial charge in [0.05, 0.1) is 18.0 Å². The Kier molecular flexibility index (Phi) is 5.31. The van der Waals surface area contributed by atoms with Crippen molar-refractivity contribution in [3.8, 4) is 11.3 Å². The summed E-state index contributed by atoms with van der Waals surface area (Å²) in [6.07, 6.45) is -6.20. The van der Waals surface area contributed by atoms with Crippen LogP contribution < -0.4 is 0 Å². The molecule has 0 spiro atoms. The Morgan fingerprint density at radius 1 is 1.07 bits per heavy atom. The number of rotatable bonds is 6. The van der Waals surface area contributed by atoms with Crippen LogP contribution in [0.4, 0.5) is 22.0 Å². The van der Waals surface area contributed by atoms with Crippen molar-refractivity contribution in [2.75, 3.05) is 13.7 Å². The molecule has 0 radical (unpaired) electrons. The first-order valence-electron chi connectivity index (χ1n) is 8.03. The lowest BCUT2D eigenvalue weighted by atomic mass is 10.1. The quantitative estimate of drug-likeness (QED) is 0.581. The fraction of sp³-hybridized carbons (Fsp3) is 0.353. The van der Waals surface area contributed by atoms with Crippen LogP contribution >= 0.6 is 0 Å². The Balaban J connectivity index is 1.86. The molecule has 11 heteroatoms. The lowest BCUT2D eigenvalue weighted by Crippen LogP contribution is -2.19. The van der Waals surface area contributed by atoms with E-state index >= 15 is 0 Å². The van der Waals surface area contributed by atoms with Crippen molar-refractivity contribution in [1.82, 2.24) is 19.6 Å². The summed E-state index contributed by atoms with van der Waals surface area (Å²) in [5, 5.41) is 7.07. The molecule has 3 aromatic rings. The number of ether oxygens (including phenoxy) is 2. The van der Waals surface area contributed by atoms with Crippen LogP contribution in [0.1, 0.15) is 24.4 Å². The van der Waals surface area contributed by atoms with Gasteiger partial charge in [0.1, 0.15) is 6.61 Å². The Bertz CT molecular complexity index is 956. The molecule has 0 bridgehead atoms. The maximum Gasteiger partial charge on any atom is 0.417 e. The number of aromatic nitrogens is 4. The Morgan fingerprint density at radius 3 is 2.36 bits per heavy atom. The number of hydrogen-bond donors (Lipinski definition) is 0. The van der Waals surface area contributed by atoms with E-state index in [1.165, 1.54) is 19.3 Å². The third-order valence-corrected chi connectivity index (χ3v) is 3.98. The van der Waals surface area contributed by atoms with Gasteiger partial charge < -0.3 is 9.47 Å². The van der Waals surface area contributed by atoms with E-state index in [9.17, 15) is 22.0 Å². The summed E-state index contributed by atoms with van der Waals surface area (Å²) in [4.78, 5) is 4.15. The van der Waals surface area contributed by atoms with Crippen LogP contribution in [0.5, 0.6) is 0 Å². The molecule has 0 fully saturated rings. The van der Waals surface area contributed by atoms with Crippen molar-refractivity contribution in [3.63, 3.8) is 0 Å². The predicted octanol–water partition coefficient (Wildman–Crippen LogP) is 4.13. The Morgan fingerprint density at radius 2 is 1.75 bits per heavy atom. The molecule has 0 N–H and O–H groups in total. The molecule has 1 unspecified atom stereocenters. The SMILES string of the molecule is COC(F)(F)c1nnc2cnc(-c3ccc(C(C)OCC(F)(F)F)cc3)cn12. The highest BCUT2D eigenvalue weighted by Gasteiger charge is 2.37. The van der Waals surface area contributed by atoms with E-state index in [0.717, 1.165) is 11.5 Å². The third-order valence-electron chi connectivity index (χ3n) is 3.98. The highest BCUT2D eigenvalue weighted by atomic mass is 19.4. The topological polar surface area (TPSA) is 61.5 Å². The van der Waals surface area contributed by atoms with Crippen molar-refractivity contribution in [2.24, 2.45) is 0 Å². The molecule has 0 amide bonds. The summed E-state index contributed by atoms with van der Waals surface area (Å²) in [5.41, 5.74) is 1.55. The second-order valence-electron chi connectivity index (χ2n) is 5.94. The van der Waals surface area contributed by atoms with Crippen molar-refractivity contribution in [3.05, 3.63) is 48.0 Å². The van der Waals surface area contributed by atoms with Gasteiger partial charge in [0, 0.05) is 18.9 Å². The van der Waals surface area contributed by atoms with Crippen LogP contribution in [0.15, 0.2) is 36.7 Å². The van der Waals surface area contributed by atoms with Gasteiger partial charge in [-0.3, -0.25) is 9.38 Å². The third kappa shape index (κ3) is 4.25. The summed E-state index contributed by atoms with van der Waals surface area (Å²) in [6.45, 7) is 0.152. The zero-order valence-corrected chi connectivity index (χ0v) is 14.7. The van der Waals surface area contributed by atoms with Gasteiger partial charge in [-0.05, 0) is 12.5 Å². The summed E-state index contributed by atoms with van der Waals surface area (Å²) in [7, 11) is 0.851. The maximum absolute atomic E-state index is 13.8. The molecule has 1 aromatic carbocycles. The first kappa shape index (κ1) is 20.1. The molecule has 1 atom stereocenters. The van der Waals surface area contributed by atoms with Gasteiger partial charge in [0.25, 0.3) is 0 Å². The van der Waals surface area contributed by atoms with E-state index in [1.54, 1.807) is 24.3 Å². The van der Waals surface area contributed by atoms with Gasteiger partial charge in [0.2, 0.25) is 5.82 Å². The molecule has 150 valence electrons. The Hall–Kier alpha value is -2.66. The average Bonchev–Trinajstić information content (AvgIpc) is 3.09. The van der Waals surface area contributed by atoms with Gasteiger partial charge in [-0.25, -0.2) is 0 Å². The first-order valence-corrected chi connectivity index (χ1v) is 8.03. The fourth-order valence-electron chi connectivity index (χ4n) is 2.48. The molecule has 0 saturated carbocycles. The second-order valence-corrected chi connectivity index (χ2v) is 5.94. The van der Waals surface area contributed by atoms with Crippen molar-refractivity contribution in [2.45, 2.75) is 25.3 Å². The van der Waals surface area contributed by atoms with Crippen LogP contribution in [0.25, 0.3) is 16.9 Å². The van der Waals surface area contributed by atoms with Crippen molar-refractivity contribution >= 4 is 5.65 Å². The van der Waals surface area contributed by atoms with E-state index in [1.807, 2.05) is 0 Å². The van der Waals surface area contributed by atoms with Gasteiger partial charge in [-0.1, -0.05) is 24.3 Å². The van der Waals surface area contributed by atoms with Crippen LogP contribution in [0.2, 0.25) is 0 Å². The fourth-order valence-corrected chi connectivity index (χ4v) is 2.48. The van der Waals surface area contributed by atoms with Gasteiger partial charge in [-0.2, -0.15) is 22.0 Å². The highest BCUT2D eigenvalue weighted by Crippen LogP contribution is 2.29. The molecular weight excluding hydrogens is 387 g/mol. The van der Waals surface area contributed by atoms with Gasteiger partial charge in [-0.15, -0.1) is 10.2 Å². The lowest BCUT2D eigenvalue weighted by Gasteiger charge is -2.15. The minimum absolute atomic E-state index is 0.112. The minimum Gasteiger partial charge on any atom is -0.364 e. The normalized spacial score (nSPS) is 13.8. The largest absolute Gasteiger partial charge is 0.417 e. The smallest absolute Gasteiger partial charge is 0.364 e. The molecule has 0 saturated heterocycles. The summed E-state index contributed by atoms with van der Waals surface area (Å²) >= 11 is 0. The summed E-state index contributed by atoms with van der Waals surface area (Å²) in [5.74, 6) is -0.695. The Labute approximate surface area is 155 Å². The number of fused-ring (bicyclic) bond motifs is 1. The van der Waals surface area contributed by atoms with Crippen LogP contribution in [0, 0.1) is 0 Å².